The van der Waals surface area contributed by atoms with Crippen molar-refractivity contribution in [3.05, 3.63) is 9.75 Å². The number of ether oxygens (including phenoxy) is 2. The summed E-state index contributed by atoms with van der Waals surface area (Å²) in [7, 11) is 0. The minimum Gasteiger partial charge on any atom is -0.544 e. The number of rotatable bonds is 8. The van der Waals surface area contributed by atoms with Gasteiger partial charge < -0.3 is 39.5 Å². The van der Waals surface area contributed by atoms with E-state index in [0.29, 0.717) is 11.3 Å². The Bertz CT molecular complexity index is 426. The number of hydrogen-bond acceptors (Lipinski definition) is 9. The summed E-state index contributed by atoms with van der Waals surface area (Å²) in [6.07, 6.45) is 0. The van der Waals surface area contributed by atoms with Gasteiger partial charge in [0.15, 0.2) is 11.5 Å². The highest BCUT2D eigenvalue weighted by Gasteiger charge is 2.22. The van der Waals surface area contributed by atoms with Gasteiger partial charge in [-0.15, -0.1) is 11.3 Å². The highest BCUT2D eigenvalue weighted by Crippen LogP contribution is 2.41. The molecule has 0 atom stereocenters. The lowest BCUT2D eigenvalue weighted by atomic mass is 10.3. The molecular formula is C10H10O8S-2. The number of aliphatic hydroxyl groups is 2. The van der Waals surface area contributed by atoms with Gasteiger partial charge in [-0.05, 0) is 0 Å². The lowest BCUT2D eigenvalue weighted by molar-refractivity contribution is -0.255. The molecule has 1 aromatic heterocycles. The van der Waals surface area contributed by atoms with Crippen molar-refractivity contribution in [2.75, 3.05) is 26.4 Å². The van der Waals surface area contributed by atoms with Gasteiger partial charge in [0, 0.05) is 0 Å². The maximum Gasteiger partial charge on any atom is 0.181 e. The van der Waals surface area contributed by atoms with E-state index in [1.54, 1.807) is 0 Å². The summed E-state index contributed by atoms with van der Waals surface area (Å²) in [6, 6.07) is 0. The van der Waals surface area contributed by atoms with Gasteiger partial charge in [0.1, 0.15) is 13.2 Å². The summed E-state index contributed by atoms with van der Waals surface area (Å²) in [5.41, 5.74) is 0. The van der Waals surface area contributed by atoms with E-state index in [1.165, 1.54) is 0 Å². The first-order valence-electron chi connectivity index (χ1n) is 5.09. The molecule has 0 saturated carbocycles. The van der Waals surface area contributed by atoms with E-state index in [-0.39, 0.29) is 24.7 Å². The molecule has 0 aliphatic rings. The van der Waals surface area contributed by atoms with Gasteiger partial charge in [0.25, 0.3) is 0 Å². The SMILES string of the molecule is O=C([O-])c1sc(C(=O)[O-])c(OCCO)c1OCCO. The molecule has 0 radical (unpaired) electrons. The Labute approximate surface area is 111 Å². The smallest absolute Gasteiger partial charge is 0.181 e. The van der Waals surface area contributed by atoms with Crippen LogP contribution in [0.2, 0.25) is 0 Å². The van der Waals surface area contributed by atoms with Gasteiger partial charge in [-0.2, -0.15) is 0 Å². The van der Waals surface area contributed by atoms with Crippen molar-refractivity contribution < 1.29 is 39.5 Å². The number of aliphatic hydroxyl groups excluding tert-OH is 2. The standard InChI is InChI=1S/C10H12O8S/c11-1-3-17-5-6(18-4-2-12)8(10(15)16)19-7(5)9(13)14/h11-12H,1-4H2,(H,13,14)(H,15,16)/p-2. The summed E-state index contributed by atoms with van der Waals surface area (Å²) in [4.78, 5) is 20.8. The summed E-state index contributed by atoms with van der Waals surface area (Å²) >= 11 is 0.366. The van der Waals surface area contributed by atoms with Crippen LogP contribution in [0, 0.1) is 0 Å². The zero-order valence-corrected chi connectivity index (χ0v) is 10.4. The van der Waals surface area contributed by atoms with Gasteiger partial charge >= 0.3 is 0 Å². The van der Waals surface area contributed by atoms with Crippen molar-refractivity contribution in [3.8, 4) is 11.5 Å². The molecule has 1 heterocycles. The van der Waals surface area contributed by atoms with Crippen molar-refractivity contribution in [1.82, 2.24) is 0 Å². The van der Waals surface area contributed by atoms with Crippen LogP contribution in [0.1, 0.15) is 19.3 Å². The molecule has 1 rings (SSSR count). The Morgan fingerprint density at radius 1 is 0.947 bits per heavy atom. The summed E-state index contributed by atoms with van der Waals surface area (Å²) in [5, 5.41) is 39.1. The Morgan fingerprint density at radius 3 is 1.58 bits per heavy atom. The molecule has 8 nitrogen and oxygen atoms in total. The van der Waals surface area contributed by atoms with E-state index >= 15 is 0 Å². The van der Waals surface area contributed by atoms with E-state index in [9.17, 15) is 19.8 Å². The largest absolute Gasteiger partial charge is 0.544 e. The average Bonchev–Trinajstić information content (AvgIpc) is 2.72. The number of aromatic carboxylic acids is 2. The van der Waals surface area contributed by atoms with Gasteiger partial charge in [0.2, 0.25) is 0 Å². The highest BCUT2D eigenvalue weighted by molar-refractivity contribution is 7.16. The van der Waals surface area contributed by atoms with Gasteiger partial charge in [-0.3, -0.25) is 0 Å². The predicted octanol–water partition coefficient (Wildman–Crippen LogP) is -2.78. The zero-order chi connectivity index (χ0) is 14.4. The van der Waals surface area contributed by atoms with Crippen LogP contribution in [0.15, 0.2) is 0 Å². The fraction of sp³-hybridized carbons (Fsp3) is 0.400. The molecule has 0 bridgehead atoms. The van der Waals surface area contributed by atoms with E-state index in [0.717, 1.165) is 0 Å². The van der Waals surface area contributed by atoms with E-state index in [4.69, 9.17) is 19.7 Å². The number of carboxylic acids is 2. The number of carbonyl (C=O) groups excluding carboxylic acids is 2. The maximum atomic E-state index is 10.9. The molecule has 19 heavy (non-hydrogen) atoms. The Morgan fingerprint density at radius 2 is 1.32 bits per heavy atom. The second-order valence-corrected chi connectivity index (χ2v) is 4.16. The number of carbonyl (C=O) groups is 2. The molecule has 2 N–H and O–H groups in total. The zero-order valence-electron chi connectivity index (χ0n) is 9.58. The second kappa shape index (κ2) is 6.92. The molecule has 0 aromatic carbocycles. The highest BCUT2D eigenvalue weighted by atomic mass is 32.1. The molecule has 0 aliphatic carbocycles. The molecule has 0 fully saturated rings. The van der Waals surface area contributed by atoms with Crippen molar-refractivity contribution in [2.24, 2.45) is 0 Å². The predicted molar refractivity (Wildman–Crippen MR) is 58.1 cm³/mol. The third kappa shape index (κ3) is 3.56. The van der Waals surface area contributed by atoms with Crippen molar-refractivity contribution in [1.29, 1.82) is 0 Å². The van der Waals surface area contributed by atoms with E-state index < -0.39 is 34.9 Å². The van der Waals surface area contributed by atoms with Crippen LogP contribution in [0.5, 0.6) is 11.5 Å². The molecular weight excluding hydrogens is 280 g/mol. The molecule has 0 spiro atoms. The minimum absolute atomic E-state index is 0.251. The molecule has 0 amide bonds. The molecule has 0 saturated heterocycles. The lowest BCUT2D eigenvalue weighted by Crippen LogP contribution is -2.22. The summed E-state index contributed by atoms with van der Waals surface area (Å²) in [5.74, 6) is -3.99. The Kier molecular flexibility index (Phi) is 5.55. The number of carboxylic acid groups (broad SMARTS) is 2. The van der Waals surface area contributed by atoms with Gasteiger partial charge in [0.05, 0.1) is 34.9 Å². The summed E-state index contributed by atoms with van der Waals surface area (Å²) < 4.78 is 9.90. The average molecular weight is 290 g/mol. The first kappa shape index (κ1) is 15.2. The van der Waals surface area contributed by atoms with Crippen LogP contribution in [0.25, 0.3) is 0 Å². The molecule has 9 heteroatoms. The maximum absolute atomic E-state index is 10.9. The van der Waals surface area contributed by atoms with Crippen molar-refractivity contribution >= 4 is 23.3 Å². The Balaban J connectivity index is 3.25. The Hall–Kier alpha value is -1.84. The first-order valence-corrected chi connectivity index (χ1v) is 5.91. The van der Waals surface area contributed by atoms with E-state index in [2.05, 4.69) is 0 Å². The van der Waals surface area contributed by atoms with Crippen LogP contribution >= 0.6 is 11.3 Å². The normalized spacial score (nSPS) is 10.2. The molecule has 0 unspecified atom stereocenters. The minimum atomic E-state index is -1.64. The van der Waals surface area contributed by atoms with E-state index in [1.807, 2.05) is 0 Å². The third-order valence-electron chi connectivity index (χ3n) is 1.87. The van der Waals surface area contributed by atoms with Crippen LogP contribution < -0.4 is 19.7 Å². The van der Waals surface area contributed by atoms with Crippen LogP contribution in [0.3, 0.4) is 0 Å². The van der Waals surface area contributed by atoms with Crippen LogP contribution in [0.4, 0.5) is 0 Å². The van der Waals surface area contributed by atoms with Crippen molar-refractivity contribution in [3.63, 3.8) is 0 Å². The fourth-order valence-corrected chi connectivity index (χ4v) is 2.09. The topological polar surface area (TPSA) is 139 Å². The molecule has 0 aliphatic heterocycles. The number of hydrogen-bond donors (Lipinski definition) is 2. The lowest BCUT2D eigenvalue weighted by Gasteiger charge is -2.11. The van der Waals surface area contributed by atoms with Gasteiger partial charge in [-0.25, -0.2) is 0 Å². The second-order valence-electron chi connectivity index (χ2n) is 3.14. The molecule has 106 valence electrons. The monoisotopic (exact) mass is 290 g/mol. The fourth-order valence-electron chi connectivity index (χ4n) is 1.23. The summed E-state index contributed by atoms with van der Waals surface area (Å²) in [6.45, 7) is -1.30. The van der Waals surface area contributed by atoms with Crippen LogP contribution in [-0.2, 0) is 0 Å². The van der Waals surface area contributed by atoms with Gasteiger partial charge in [-0.1, -0.05) is 0 Å². The van der Waals surface area contributed by atoms with Crippen molar-refractivity contribution in [2.45, 2.75) is 0 Å². The quantitative estimate of drug-likeness (QED) is 0.524. The first-order chi connectivity index (χ1) is 9.02. The number of thiophene rings is 1. The van der Waals surface area contributed by atoms with Crippen LogP contribution in [-0.4, -0.2) is 48.6 Å². The molecule has 1 aromatic rings. The third-order valence-corrected chi connectivity index (χ3v) is 2.98.